The van der Waals surface area contributed by atoms with Gasteiger partial charge in [-0.05, 0) is 17.7 Å². The minimum atomic E-state index is -0.0820. The van der Waals surface area contributed by atoms with Gasteiger partial charge in [0.2, 0.25) is 5.91 Å². The Morgan fingerprint density at radius 3 is 2.73 bits per heavy atom. The van der Waals surface area contributed by atoms with Crippen LogP contribution in [-0.4, -0.2) is 52.4 Å². The third-order valence-electron chi connectivity index (χ3n) is 5.34. The summed E-state index contributed by atoms with van der Waals surface area (Å²) < 4.78 is 8.70. The van der Waals surface area contributed by atoms with Crippen LogP contribution in [0.5, 0.6) is 0 Å². The molecule has 0 radical (unpaired) electrons. The highest BCUT2D eigenvalue weighted by atomic mass is 35.5. The van der Waals surface area contributed by atoms with Crippen LogP contribution in [0.25, 0.3) is 10.2 Å². The zero-order chi connectivity index (χ0) is 20.7. The van der Waals surface area contributed by atoms with Gasteiger partial charge in [0.25, 0.3) is 5.56 Å². The lowest BCUT2D eigenvalue weighted by Crippen LogP contribution is -2.41. The summed E-state index contributed by atoms with van der Waals surface area (Å²) in [6.07, 6.45) is 1.59. The Morgan fingerprint density at radius 2 is 1.97 bits per heavy atom. The molecule has 30 heavy (non-hydrogen) atoms. The van der Waals surface area contributed by atoms with Gasteiger partial charge in [-0.1, -0.05) is 23.7 Å². The Hall–Kier alpha value is -1.91. The summed E-state index contributed by atoms with van der Waals surface area (Å²) in [4.78, 5) is 31.9. The van der Waals surface area contributed by atoms with E-state index >= 15 is 0 Å². The van der Waals surface area contributed by atoms with Crippen molar-refractivity contribution in [2.45, 2.75) is 16.8 Å². The number of thiophene rings is 1. The number of carbonyl (C=O) groups excluding carboxylic acids is 1. The van der Waals surface area contributed by atoms with Crippen molar-refractivity contribution in [1.29, 1.82) is 0 Å². The van der Waals surface area contributed by atoms with Crippen molar-refractivity contribution in [1.82, 2.24) is 14.5 Å². The van der Waals surface area contributed by atoms with E-state index in [1.54, 1.807) is 10.9 Å². The molecule has 2 aliphatic heterocycles. The average Bonchev–Trinajstić information content (AvgIpc) is 3.13. The largest absolute Gasteiger partial charge is 0.379 e. The Labute approximate surface area is 186 Å². The molecule has 1 amide bonds. The number of nitrogens with one attached hydrogen (secondary N) is 1. The molecule has 0 bridgehead atoms. The van der Waals surface area contributed by atoms with Crippen molar-refractivity contribution in [3.63, 3.8) is 0 Å². The lowest BCUT2D eigenvalue weighted by Gasteiger charge is -2.35. The molecule has 1 fully saturated rings. The fourth-order valence-corrected chi connectivity index (χ4v) is 6.13. The van der Waals surface area contributed by atoms with Crippen molar-refractivity contribution >= 4 is 56.5 Å². The number of ether oxygens (including phenoxy) is 1. The SMILES string of the molecule is O=C1CSc2sc3c(=O)n(CC(c4ccc(Cl)cc4)N4CCOCC4)cnc3c2N1. The lowest BCUT2D eigenvalue weighted by molar-refractivity contribution is -0.113. The molecule has 1 atom stereocenters. The number of hydrogen-bond acceptors (Lipinski definition) is 7. The second-order valence-electron chi connectivity index (χ2n) is 7.20. The molecule has 156 valence electrons. The first-order chi connectivity index (χ1) is 14.6. The maximum Gasteiger partial charge on any atom is 0.271 e. The van der Waals surface area contributed by atoms with Gasteiger partial charge in [-0.2, -0.15) is 0 Å². The van der Waals surface area contributed by atoms with Gasteiger partial charge < -0.3 is 10.1 Å². The standard InChI is InChI=1S/C20H19ClN4O3S2/c21-13-3-1-12(2-4-13)14(24-5-7-28-8-6-24)9-25-11-22-16-17-20(29-10-15(26)23-17)30-18(16)19(25)27/h1-4,11,14H,5-10H2,(H,23,26). The number of carbonyl (C=O) groups is 1. The van der Waals surface area contributed by atoms with E-state index in [1.807, 2.05) is 24.3 Å². The highest BCUT2D eigenvalue weighted by Crippen LogP contribution is 2.42. The molecular formula is C20H19ClN4O3S2. The Bertz CT molecular complexity index is 1160. The summed E-state index contributed by atoms with van der Waals surface area (Å²) in [6.45, 7) is 3.42. The first-order valence-corrected chi connectivity index (χ1v) is 11.8. The summed E-state index contributed by atoms with van der Waals surface area (Å²) >= 11 is 8.94. The number of aromatic nitrogens is 2. The maximum atomic E-state index is 13.3. The number of nitrogens with zero attached hydrogens (tertiary/aromatic N) is 3. The molecule has 10 heteroatoms. The van der Waals surface area contributed by atoms with E-state index in [4.69, 9.17) is 16.3 Å². The molecule has 7 nitrogen and oxygen atoms in total. The number of fused-ring (bicyclic) bond motifs is 3. The molecule has 3 aromatic rings. The molecule has 1 unspecified atom stereocenters. The topological polar surface area (TPSA) is 76.5 Å². The summed E-state index contributed by atoms with van der Waals surface area (Å²) in [7, 11) is 0. The van der Waals surface area contributed by atoms with Crippen molar-refractivity contribution in [2.24, 2.45) is 0 Å². The highest BCUT2D eigenvalue weighted by Gasteiger charge is 2.26. The van der Waals surface area contributed by atoms with E-state index in [-0.39, 0.29) is 17.5 Å². The monoisotopic (exact) mass is 462 g/mol. The van der Waals surface area contributed by atoms with Gasteiger partial charge in [0.1, 0.15) is 10.2 Å². The summed E-state index contributed by atoms with van der Waals surface area (Å²) in [5.74, 6) is 0.303. The van der Waals surface area contributed by atoms with Crippen LogP contribution in [0.2, 0.25) is 5.02 Å². The second kappa shape index (κ2) is 8.32. The normalized spacial score (nSPS) is 18.2. The summed E-state index contributed by atoms with van der Waals surface area (Å²) in [5.41, 5.74) is 2.26. The first-order valence-electron chi connectivity index (χ1n) is 9.62. The van der Waals surface area contributed by atoms with Gasteiger partial charge >= 0.3 is 0 Å². The van der Waals surface area contributed by atoms with E-state index < -0.39 is 0 Å². The molecule has 1 saturated heterocycles. The van der Waals surface area contributed by atoms with Gasteiger partial charge in [-0.25, -0.2) is 4.98 Å². The zero-order valence-electron chi connectivity index (χ0n) is 16.0. The van der Waals surface area contributed by atoms with Crippen LogP contribution in [-0.2, 0) is 16.1 Å². The summed E-state index contributed by atoms with van der Waals surface area (Å²) in [5, 5.41) is 3.54. The van der Waals surface area contributed by atoms with Gasteiger partial charge in [-0.15, -0.1) is 23.1 Å². The fraction of sp³-hybridized carbons (Fsp3) is 0.350. The molecular weight excluding hydrogens is 444 g/mol. The molecule has 1 N–H and O–H groups in total. The van der Waals surface area contributed by atoms with Crippen LogP contribution in [0.1, 0.15) is 11.6 Å². The molecule has 0 aliphatic carbocycles. The number of thioether (sulfide) groups is 1. The van der Waals surface area contributed by atoms with Crippen molar-refractivity contribution in [3.8, 4) is 0 Å². The van der Waals surface area contributed by atoms with Crippen LogP contribution in [0.3, 0.4) is 0 Å². The zero-order valence-corrected chi connectivity index (χ0v) is 18.4. The Morgan fingerprint density at radius 1 is 1.20 bits per heavy atom. The molecule has 2 aromatic heterocycles. The number of rotatable bonds is 4. The van der Waals surface area contributed by atoms with Crippen molar-refractivity contribution in [3.05, 3.63) is 51.5 Å². The maximum absolute atomic E-state index is 13.3. The first kappa shape index (κ1) is 20.0. The Balaban J connectivity index is 1.52. The minimum Gasteiger partial charge on any atom is -0.379 e. The number of halogens is 1. The molecule has 4 heterocycles. The van der Waals surface area contributed by atoms with Gasteiger partial charge in [0, 0.05) is 24.7 Å². The van der Waals surface area contributed by atoms with E-state index in [1.165, 1.54) is 23.1 Å². The van der Waals surface area contributed by atoms with Crippen LogP contribution in [0, 0.1) is 0 Å². The molecule has 2 aliphatic rings. The van der Waals surface area contributed by atoms with Gasteiger partial charge in [0.15, 0.2) is 0 Å². The van der Waals surface area contributed by atoms with Crippen molar-refractivity contribution in [2.75, 3.05) is 37.4 Å². The third-order valence-corrected chi connectivity index (χ3v) is 8.03. The quantitative estimate of drug-likeness (QED) is 0.641. The summed E-state index contributed by atoms with van der Waals surface area (Å²) in [6, 6.07) is 7.78. The molecule has 0 spiro atoms. The van der Waals surface area contributed by atoms with E-state index in [0.717, 1.165) is 22.9 Å². The van der Waals surface area contributed by atoms with Gasteiger partial charge in [-0.3, -0.25) is 19.1 Å². The molecule has 0 saturated carbocycles. The Kier molecular flexibility index (Phi) is 5.55. The number of morpholine rings is 1. The number of amides is 1. The number of benzene rings is 1. The smallest absolute Gasteiger partial charge is 0.271 e. The van der Waals surface area contributed by atoms with Crippen LogP contribution in [0.15, 0.2) is 39.6 Å². The third kappa shape index (κ3) is 3.76. The van der Waals surface area contributed by atoms with Crippen molar-refractivity contribution < 1.29 is 9.53 Å². The minimum absolute atomic E-state index is 0.00628. The fourth-order valence-electron chi connectivity index (χ4n) is 3.82. The van der Waals surface area contributed by atoms with E-state index in [2.05, 4.69) is 15.2 Å². The average molecular weight is 463 g/mol. The highest BCUT2D eigenvalue weighted by molar-refractivity contribution is 8.02. The number of hydrogen-bond donors (Lipinski definition) is 1. The predicted octanol–water partition coefficient (Wildman–Crippen LogP) is 3.23. The van der Waals surface area contributed by atoms with E-state index in [9.17, 15) is 9.59 Å². The van der Waals surface area contributed by atoms with Crippen LogP contribution >= 0.6 is 34.7 Å². The van der Waals surface area contributed by atoms with E-state index in [0.29, 0.717) is 46.4 Å². The second-order valence-corrected chi connectivity index (χ2v) is 9.90. The lowest BCUT2D eigenvalue weighted by atomic mass is 10.0. The predicted molar refractivity (Wildman–Crippen MR) is 120 cm³/mol. The molecule has 5 rings (SSSR count). The van der Waals surface area contributed by atoms with Crippen LogP contribution < -0.4 is 10.9 Å². The molecule has 1 aromatic carbocycles. The van der Waals surface area contributed by atoms with Crippen LogP contribution in [0.4, 0.5) is 5.69 Å². The number of anilines is 1. The van der Waals surface area contributed by atoms with Gasteiger partial charge in [0.05, 0.1) is 41.2 Å².